The van der Waals surface area contributed by atoms with Crippen molar-refractivity contribution in [2.75, 3.05) is 13.1 Å². The molecule has 0 aromatic heterocycles. The summed E-state index contributed by atoms with van der Waals surface area (Å²) in [5, 5.41) is 14.6. The summed E-state index contributed by atoms with van der Waals surface area (Å²) < 4.78 is 0. The Bertz CT molecular complexity index is 247. The Labute approximate surface area is 89.2 Å². The van der Waals surface area contributed by atoms with Crippen molar-refractivity contribution in [3.05, 3.63) is 0 Å². The van der Waals surface area contributed by atoms with Gasteiger partial charge in [-0.05, 0) is 19.8 Å². The summed E-state index contributed by atoms with van der Waals surface area (Å²) in [6.45, 7) is 2.49. The Morgan fingerprint density at radius 3 is 2.40 bits per heavy atom. The fourth-order valence-electron chi connectivity index (χ4n) is 1.95. The first-order chi connectivity index (χ1) is 7.10. The van der Waals surface area contributed by atoms with Crippen molar-refractivity contribution >= 4 is 11.9 Å². The highest BCUT2D eigenvalue weighted by Crippen LogP contribution is 2.29. The molecular formula is C10H18N2O3. The Kier molecular flexibility index (Phi) is 4.08. The SMILES string of the molecule is CCNC(=O)CNC1(C(=O)O)CCCC1. The molecule has 0 unspecified atom stereocenters. The number of hydrogen-bond donors (Lipinski definition) is 3. The molecule has 5 nitrogen and oxygen atoms in total. The van der Waals surface area contributed by atoms with Gasteiger partial charge in [0.1, 0.15) is 5.54 Å². The summed E-state index contributed by atoms with van der Waals surface area (Å²) in [7, 11) is 0. The van der Waals surface area contributed by atoms with Crippen molar-refractivity contribution < 1.29 is 14.7 Å². The quantitative estimate of drug-likeness (QED) is 0.607. The lowest BCUT2D eigenvalue weighted by Gasteiger charge is -2.24. The van der Waals surface area contributed by atoms with E-state index in [-0.39, 0.29) is 12.5 Å². The average Bonchev–Trinajstić information content (AvgIpc) is 2.65. The highest BCUT2D eigenvalue weighted by atomic mass is 16.4. The maximum absolute atomic E-state index is 11.2. The van der Waals surface area contributed by atoms with E-state index in [1.165, 1.54) is 0 Å². The minimum atomic E-state index is -0.870. The summed E-state index contributed by atoms with van der Waals surface area (Å²) >= 11 is 0. The van der Waals surface area contributed by atoms with Crippen LogP contribution in [0, 0.1) is 0 Å². The molecule has 0 aliphatic heterocycles. The Morgan fingerprint density at radius 2 is 1.93 bits per heavy atom. The fourth-order valence-corrected chi connectivity index (χ4v) is 1.95. The summed E-state index contributed by atoms with van der Waals surface area (Å²) in [6.07, 6.45) is 3.05. The van der Waals surface area contributed by atoms with E-state index in [1.807, 2.05) is 6.92 Å². The van der Waals surface area contributed by atoms with Crippen LogP contribution in [0.25, 0.3) is 0 Å². The number of rotatable bonds is 5. The van der Waals surface area contributed by atoms with E-state index in [9.17, 15) is 9.59 Å². The Morgan fingerprint density at radius 1 is 1.33 bits per heavy atom. The molecule has 0 bridgehead atoms. The monoisotopic (exact) mass is 214 g/mol. The number of carboxylic acid groups (broad SMARTS) is 1. The highest BCUT2D eigenvalue weighted by Gasteiger charge is 2.40. The van der Waals surface area contributed by atoms with Crippen LogP contribution < -0.4 is 10.6 Å². The molecule has 1 rings (SSSR count). The van der Waals surface area contributed by atoms with Gasteiger partial charge in [-0.3, -0.25) is 14.9 Å². The molecular weight excluding hydrogens is 196 g/mol. The van der Waals surface area contributed by atoms with Crippen LogP contribution in [-0.4, -0.2) is 35.6 Å². The molecule has 86 valence electrons. The van der Waals surface area contributed by atoms with Gasteiger partial charge in [-0.1, -0.05) is 12.8 Å². The molecule has 1 amide bonds. The van der Waals surface area contributed by atoms with Crippen molar-refractivity contribution in [3.63, 3.8) is 0 Å². The van der Waals surface area contributed by atoms with E-state index in [4.69, 9.17) is 5.11 Å². The van der Waals surface area contributed by atoms with Gasteiger partial charge in [0, 0.05) is 6.54 Å². The van der Waals surface area contributed by atoms with Gasteiger partial charge in [0.25, 0.3) is 0 Å². The minimum absolute atomic E-state index is 0.0835. The summed E-state index contributed by atoms with van der Waals surface area (Å²) in [5.41, 5.74) is -0.870. The number of hydrogen-bond acceptors (Lipinski definition) is 3. The number of carbonyl (C=O) groups is 2. The summed E-state index contributed by atoms with van der Waals surface area (Å²) in [5.74, 6) is -0.991. The van der Waals surface area contributed by atoms with Crippen LogP contribution in [0.15, 0.2) is 0 Å². The molecule has 15 heavy (non-hydrogen) atoms. The Balaban J connectivity index is 2.46. The third-order valence-corrected chi connectivity index (χ3v) is 2.83. The molecule has 5 heteroatoms. The second kappa shape index (κ2) is 5.11. The maximum Gasteiger partial charge on any atom is 0.323 e. The van der Waals surface area contributed by atoms with Gasteiger partial charge < -0.3 is 10.4 Å². The van der Waals surface area contributed by atoms with Crippen molar-refractivity contribution in [1.82, 2.24) is 10.6 Å². The van der Waals surface area contributed by atoms with Crippen molar-refractivity contribution in [1.29, 1.82) is 0 Å². The van der Waals surface area contributed by atoms with E-state index >= 15 is 0 Å². The lowest BCUT2D eigenvalue weighted by Crippen LogP contribution is -2.52. The third-order valence-electron chi connectivity index (χ3n) is 2.83. The molecule has 1 aliphatic rings. The lowest BCUT2D eigenvalue weighted by atomic mass is 9.98. The van der Waals surface area contributed by atoms with Gasteiger partial charge in [-0.15, -0.1) is 0 Å². The molecule has 0 radical (unpaired) electrons. The molecule has 3 N–H and O–H groups in total. The van der Waals surface area contributed by atoms with Crippen LogP contribution in [0.4, 0.5) is 0 Å². The number of carbonyl (C=O) groups excluding carboxylic acids is 1. The van der Waals surface area contributed by atoms with Gasteiger partial charge in [0.2, 0.25) is 5.91 Å². The average molecular weight is 214 g/mol. The molecule has 0 saturated heterocycles. The maximum atomic E-state index is 11.2. The van der Waals surface area contributed by atoms with Crippen LogP contribution in [0.5, 0.6) is 0 Å². The lowest BCUT2D eigenvalue weighted by molar-refractivity contribution is -0.144. The van der Waals surface area contributed by atoms with Crippen molar-refractivity contribution in [2.24, 2.45) is 0 Å². The molecule has 0 aromatic rings. The van der Waals surface area contributed by atoms with Gasteiger partial charge in [0.15, 0.2) is 0 Å². The second-order valence-corrected chi connectivity index (χ2v) is 3.90. The first kappa shape index (κ1) is 12.0. The van der Waals surface area contributed by atoms with Crippen molar-refractivity contribution in [2.45, 2.75) is 38.1 Å². The van der Waals surface area contributed by atoms with E-state index < -0.39 is 11.5 Å². The van der Waals surface area contributed by atoms with Gasteiger partial charge in [0.05, 0.1) is 6.54 Å². The molecule has 0 atom stereocenters. The second-order valence-electron chi connectivity index (χ2n) is 3.90. The fraction of sp³-hybridized carbons (Fsp3) is 0.800. The molecule has 1 fully saturated rings. The van der Waals surface area contributed by atoms with Crippen molar-refractivity contribution in [3.8, 4) is 0 Å². The van der Waals surface area contributed by atoms with Crippen LogP contribution in [0.2, 0.25) is 0 Å². The first-order valence-electron chi connectivity index (χ1n) is 5.36. The Hall–Kier alpha value is -1.10. The molecule has 1 aliphatic carbocycles. The zero-order valence-electron chi connectivity index (χ0n) is 9.01. The molecule has 0 aromatic carbocycles. The number of carboxylic acids is 1. The largest absolute Gasteiger partial charge is 0.480 e. The van der Waals surface area contributed by atoms with Crippen LogP contribution >= 0.6 is 0 Å². The van der Waals surface area contributed by atoms with Crippen LogP contribution in [0.3, 0.4) is 0 Å². The predicted molar refractivity (Wildman–Crippen MR) is 55.5 cm³/mol. The summed E-state index contributed by atoms with van der Waals surface area (Å²) in [6, 6.07) is 0. The van der Waals surface area contributed by atoms with E-state index in [2.05, 4.69) is 10.6 Å². The first-order valence-corrected chi connectivity index (χ1v) is 5.36. The topological polar surface area (TPSA) is 78.4 Å². The number of nitrogens with one attached hydrogen (secondary N) is 2. The van der Waals surface area contributed by atoms with E-state index in [0.29, 0.717) is 19.4 Å². The molecule has 1 saturated carbocycles. The highest BCUT2D eigenvalue weighted by molar-refractivity contribution is 5.82. The standard InChI is InChI=1S/C10H18N2O3/c1-2-11-8(13)7-12-10(9(14)15)5-3-4-6-10/h12H,2-7H2,1H3,(H,11,13)(H,14,15). The van der Waals surface area contributed by atoms with Crippen LogP contribution in [0.1, 0.15) is 32.6 Å². The van der Waals surface area contributed by atoms with Crippen LogP contribution in [-0.2, 0) is 9.59 Å². The minimum Gasteiger partial charge on any atom is -0.480 e. The molecule has 0 heterocycles. The van der Waals surface area contributed by atoms with E-state index in [1.54, 1.807) is 0 Å². The summed E-state index contributed by atoms with van der Waals surface area (Å²) in [4.78, 5) is 22.3. The zero-order chi connectivity index (χ0) is 11.3. The number of amides is 1. The molecule has 0 spiro atoms. The number of likely N-dealkylation sites (N-methyl/N-ethyl adjacent to an activating group) is 1. The van der Waals surface area contributed by atoms with Gasteiger partial charge in [-0.25, -0.2) is 0 Å². The van der Waals surface area contributed by atoms with Gasteiger partial charge in [-0.2, -0.15) is 0 Å². The van der Waals surface area contributed by atoms with E-state index in [0.717, 1.165) is 12.8 Å². The zero-order valence-corrected chi connectivity index (χ0v) is 9.01. The smallest absolute Gasteiger partial charge is 0.323 e. The number of aliphatic carboxylic acids is 1. The third kappa shape index (κ3) is 2.92. The normalized spacial score (nSPS) is 18.7. The predicted octanol–water partition coefficient (Wildman–Crippen LogP) is 0.109. The van der Waals surface area contributed by atoms with Gasteiger partial charge >= 0.3 is 5.97 Å².